The third-order valence-electron chi connectivity index (χ3n) is 10.4. The molecule has 0 saturated heterocycles. The lowest BCUT2D eigenvalue weighted by atomic mass is 9.41. The Hall–Kier alpha value is -2.08. The number of hydrogen-bond acceptors (Lipinski definition) is 0. The summed E-state index contributed by atoms with van der Waals surface area (Å²) in [7, 11) is 0. The molecular weight excluding hydrogens is 432 g/mol. The van der Waals surface area contributed by atoms with E-state index in [1.807, 2.05) is 0 Å². The van der Waals surface area contributed by atoms with Crippen LogP contribution in [-0.2, 0) is 12.8 Å². The minimum absolute atomic E-state index is 0.0827. The van der Waals surface area contributed by atoms with Gasteiger partial charge in [-0.15, -0.1) is 0 Å². The van der Waals surface area contributed by atoms with E-state index >= 15 is 0 Å². The van der Waals surface area contributed by atoms with Crippen LogP contribution in [0, 0.1) is 29.1 Å². The van der Waals surface area contributed by atoms with Crippen LogP contribution in [0.3, 0.4) is 0 Å². The molecule has 0 aromatic heterocycles. The Labute approximate surface area is 222 Å². The third kappa shape index (κ3) is 3.53. The normalized spacial score (nSPS) is 30.1. The van der Waals surface area contributed by atoms with Crippen molar-refractivity contribution in [3.8, 4) is 0 Å². The molecule has 1 aromatic carbocycles. The van der Waals surface area contributed by atoms with Crippen molar-refractivity contribution in [1.82, 2.24) is 0 Å². The van der Waals surface area contributed by atoms with Crippen molar-refractivity contribution in [2.45, 2.75) is 108 Å². The molecule has 0 saturated carbocycles. The lowest BCUT2D eigenvalue weighted by Gasteiger charge is -2.62. The number of allylic oxidation sites excluding steroid dienone is 7. The number of rotatable bonds is 4. The molecule has 1 aromatic rings. The summed E-state index contributed by atoms with van der Waals surface area (Å²) >= 11 is 0. The predicted molar refractivity (Wildman–Crippen MR) is 159 cm³/mol. The Morgan fingerprint density at radius 2 is 1.61 bits per heavy atom. The molecule has 3 atom stereocenters. The van der Waals surface area contributed by atoms with Crippen molar-refractivity contribution in [2.24, 2.45) is 22.2 Å². The van der Waals surface area contributed by atoms with Gasteiger partial charge in [0.1, 0.15) is 0 Å². The highest BCUT2D eigenvalue weighted by atomic mass is 14.6. The Morgan fingerprint density at radius 1 is 1.00 bits per heavy atom. The highest BCUT2D eigenvalue weighted by molar-refractivity contribution is 5.87. The quantitative estimate of drug-likeness (QED) is 0.400. The fraction of sp³-hybridized carbons (Fsp3) is 0.556. The molecule has 3 aliphatic carbocycles. The summed E-state index contributed by atoms with van der Waals surface area (Å²) in [6.45, 7) is 40.1. The molecule has 0 radical (unpaired) electrons. The number of fused-ring (bicyclic) bond motifs is 3. The van der Waals surface area contributed by atoms with Gasteiger partial charge in [-0.05, 0) is 126 Å². The first-order valence-electron chi connectivity index (χ1n) is 14.1. The van der Waals surface area contributed by atoms with Crippen molar-refractivity contribution >= 4 is 5.57 Å². The largest absolute Gasteiger partial charge is 0.0955 e. The van der Waals surface area contributed by atoms with Crippen LogP contribution in [0.1, 0.15) is 116 Å². The number of hydrogen-bond donors (Lipinski definition) is 0. The van der Waals surface area contributed by atoms with Crippen LogP contribution >= 0.6 is 0 Å². The van der Waals surface area contributed by atoms with Gasteiger partial charge in [0.05, 0.1) is 0 Å². The zero-order chi connectivity index (χ0) is 27.1. The molecule has 0 spiro atoms. The summed E-state index contributed by atoms with van der Waals surface area (Å²) in [6.07, 6.45) is 4.50. The zero-order valence-electron chi connectivity index (χ0n) is 25.2. The van der Waals surface area contributed by atoms with E-state index in [1.54, 1.807) is 5.56 Å². The van der Waals surface area contributed by atoms with Crippen LogP contribution in [0.5, 0.6) is 0 Å². The fourth-order valence-electron chi connectivity index (χ4n) is 8.85. The van der Waals surface area contributed by atoms with Crippen LogP contribution in [0.15, 0.2) is 59.2 Å². The van der Waals surface area contributed by atoms with Gasteiger partial charge in [-0.1, -0.05) is 91.0 Å². The predicted octanol–water partition coefficient (Wildman–Crippen LogP) is 10.5. The van der Waals surface area contributed by atoms with Gasteiger partial charge in [0.15, 0.2) is 0 Å². The topological polar surface area (TPSA) is 0 Å². The molecule has 0 heterocycles. The van der Waals surface area contributed by atoms with Crippen molar-refractivity contribution < 1.29 is 0 Å². The second-order valence-electron chi connectivity index (χ2n) is 14.0. The molecule has 0 nitrogen and oxygen atoms in total. The summed E-state index contributed by atoms with van der Waals surface area (Å²) in [5.74, 6) is 1.15. The molecule has 0 bridgehead atoms. The zero-order valence-corrected chi connectivity index (χ0v) is 25.2. The molecule has 0 amide bonds. The van der Waals surface area contributed by atoms with Crippen LogP contribution in [0.2, 0.25) is 0 Å². The average Bonchev–Trinajstić information content (AvgIpc) is 2.71. The van der Waals surface area contributed by atoms with Gasteiger partial charge in [0.25, 0.3) is 0 Å². The second kappa shape index (κ2) is 8.47. The van der Waals surface area contributed by atoms with Gasteiger partial charge in [0.2, 0.25) is 0 Å². The van der Waals surface area contributed by atoms with Crippen molar-refractivity contribution in [3.63, 3.8) is 0 Å². The van der Waals surface area contributed by atoms with E-state index in [4.69, 9.17) is 13.2 Å². The average molecular weight is 483 g/mol. The second-order valence-corrected chi connectivity index (χ2v) is 14.0. The highest BCUT2D eigenvalue weighted by Gasteiger charge is 2.59. The minimum atomic E-state index is -0.0968. The fourth-order valence-corrected chi connectivity index (χ4v) is 8.85. The molecule has 0 heteroatoms. The molecule has 0 aliphatic heterocycles. The molecular formula is C36H50. The van der Waals surface area contributed by atoms with E-state index < -0.39 is 0 Å². The third-order valence-corrected chi connectivity index (χ3v) is 10.4. The van der Waals surface area contributed by atoms with E-state index in [0.29, 0.717) is 11.8 Å². The van der Waals surface area contributed by atoms with Gasteiger partial charge >= 0.3 is 0 Å². The van der Waals surface area contributed by atoms with Crippen molar-refractivity contribution in [1.29, 1.82) is 0 Å². The molecule has 0 fully saturated rings. The summed E-state index contributed by atoms with van der Waals surface area (Å²) in [5, 5.41) is 0. The summed E-state index contributed by atoms with van der Waals surface area (Å²) in [4.78, 5) is 0. The maximum atomic E-state index is 4.89. The first-order chi connectivity index (χ1) is 16.5. The molecule has 36 heavy (non-hydrogen) atoms. The standard InChI is InChI=1S/C36H50/c1-20(2)15-28-16-29(21(3)4)30-18-34(12)19-35(13)17-23(7)31(22(5)6)26(10)36(35,14)27(11)33(34)25(9)32(30)24(28)8/h16,20-21H,5,9-10,15,17-19H2,1-4,6-8,11-14H3/t34-,35+,36-/m1/s1. The summed E-state index contributed by atoms with van der Waals surface area (Å²) in [6, 6.07) is 2.54. The summed E-state index contributed by atoms with van der Waals surface area (Å²) < 4.78 is 0. The first kappa shape index (κ1) is 27.0. The van der Waals surface area contributed by atoms with Gasteiger partial charge in [0, 0.05) is 5.41 Å². The van der Waals surface area contributed by atoms with Gasteiger partial charge in [-0.2, -0.15) is 0 Å². The Balaban J connectivity index is 2.03. The Bertz CT molecular complexity index is 1260. The summed E-state index contributed by atoms with van der Waals surface area (Å²) in [5.41, 5.74) is 17.1. The van der Waals surface area contributed by atoms with Gasteiger partial charge < -0.3 is 0 Å². The SMILES string of the molecule is C=C(C)C1=C(C)C[C@@]2(C)C[C@@]3(C)Cc4c(C(C)C)cc(CC(C)C)c(C)c4C(=C)C3=C(C)[C@@]2(C)C1=C. The monoisotopic (exact) mass is 482 g/mol. The van der Waals surface area contributed by atoms with Gasteiger partial charge in [-0.25, -0.2) is 0 Å². The van der Waals surface area contributed by atoms with E-state index in [2.05, 4.69) is 88.8 Å². The van der Waals surface area contributed by atoms with E-state index in [1.165, 1.54) is 55.7 Å². The Morgan fingerprint density at radius 3 is 2.14 bits per heavy atom. The lowest BCUT2D eigenvalue weighted by Crippen LogP contribution is -2.52. The van der Waals surface area contributed by atoms with E-state index in [-0.39, 0.29) is 16.2 Å². The van der Waals surface area contributed by atoms with Crippen molar-refractivity contribution in [3.05, 3.63) is 87.1 Å². The molecule has 194 valence electrons. The van der Waals surface area contributed by atoms with Crippen LogP contribution in [0.4, 0.5) is 0 Å². The maximum absolute atomic E-state index is 4.89. The van der Waals surface area contributed by atoms with E-state index in [9.17, 15) is 0 Å². The highest BCUT2D eigenvalue weighted by Crippen LogP contribution is 2.70. The van der Waals surface area contributed by atoms with Crippen LogP contribution in [0.25, 0.3) is 5.57 Å². The van der Waals surface area contributed by atoms with Crippen LogP contribution < -0.4 is 0 Å². The minimum Gasteiger partial charge on any atom is -0.0955 e. The lowest BCUT2D eigenvalue weighted by molar-refractivity contribution is 0.0543. The van der Waals surface area contributed by atoms with Crippen molar-refractivity contribution in [2.75, 3.05) is 0 Å². The molecule has 4 rings (SSSR count). The molecule has 3 aliphatic rings. The van der Waals surface area contributed by atoms with Gasteiger partial charge in [-0.3, -0.25) is 0 Å². The number of benzene rings is 1. The smallest absolute Gasteiger partial charge is 0.0194 e. The molecule has 0 unspecified atom stereocenters. The van der Waals surface area contributed by atoms with E-state index in [0.717, 1.165) is 31.3 Å². The maximum Gasteiger partial charge on any atom is 0.0194 e. The van der Waals surface area contributed by atoms with Crippen LogP contribution in [-0.4, -0.2) is 0 Å². The Kier molecular flexibility index (Phi) is 6.35. The molecule has 0 N–H and O–H groups in total. The first-order valence-corrected chi connectivity index (χ1v) is 14.1.